The molecule has 1 aromatic carbocycles. The summed E-state index contributed by atoms with van der Waals surface area (Å²) >= 11 is 3.35. The second kappa shape index (κ2) is 4.33. The van der Waals surface area contributed by atoms with Crippen LogP contribution in [0.15, 0.2) is 28.7 Å². The Morgan fingerprint density at radius 1 is 1.27 bits per heavy atom. The number of benzene rings is 1. The van der Waals surface area contributed by atoms with Crippen LogP contribution in [0.3, 0.4) is 0 Å². The molecule has 0 spiro atoms. The highest BCUT2D eigenvalue weighted by molar-refractivity contribution is 9.10. The van der Waals surface area contributed by atoms with E-state index in [4.69, 9.17) is 5.84 Å². The van der Waals surface area contributed by atoms with Crippen LogP contribution in [-0.2, 0) is 0 Å². The molecular weight excluding hydrogens is 206 g/mol. The van der Waals surface area contributed by atoms with Gasteiger partial charge in [-0.15, -0.1) is 0 Å². The zero-order valence-electron chi connectivity index (χ0n) is 5.97. The average molecular weight is 216 g/mol. The minimum Gasteiger partial charge on any atom is -0.371 e. The highest BCUT2D eigenvalue weighted by Crippen LogP contribution is 2.13. The SMILES string of the molecule is NNCNc1ccc(Br)cc1. The second-order valence-electron chi connectivity index (χ2n) is 2.06. The molecule has 0 unspecified atom stereocenters. The van der Waals surface area contributed by atoms with Gasteiger partial charge in [-0.2, -0.15) is 0 Å². The summed E-state index contributed by atoms with van der Waals surface area (Å²) in [5, 5.41) is 3.06. The van der Waals surface area contributed by atoms with Crippen molar-refractivity contribution in [2.45, 2.75) is 0 Å². The van der Waals surface area contributed by atoms with Crippen molar-refractivity contribution in [2.24, 2.45) is 5.84 Å². The molecule has 0 saturated carbocycles. The number of hydrogen-bond donors (Lipinski definition) is 3. The van der Waals surface area contributed by atoms with Crippen LogP contribution < -0.4 is 16.6 Å². The highest BCUT2D eigenvalue weighted by atomic mass is 79.9. The van der Waals surface area contributed by atoms with E-state index in [0.717, 1.165) is 10.2 Å². The van der Waals surface area contributed by atoms with Gasteiger partial charge in [0.05, 0.1) is 6.67 Å². The largest absolute Gasteiger partial charge is 0.371 e. The molecule has 4 heteroatoms. The van der Waals surface area contributed by atoms with E-state index < -0.39 is 0 Å². The molecule has 0 radical (unpaired) electrons. The van der Waals surface area contributed by atoms with Gasteiger partial charge in [0.15, 0.2) is 0 Å². The third-order valence-corrected chi connectivity index (χ3v) is 1.77. The van der Waals surface area contributed by atoms with Gasteiger partial charge >= 0.3 is 0 Å². The van der Waals surface area contributed by atoms with Crippen molar-refractivity contribution in [2.75, 3.05) is 12.0 Å². The Balaban J connectivity index is 2.52. The van der Waals surface area contributed by atoms with Crippen LogP contribution in [0.1, 0.15) is 0 Å². The molecule has 11 heavy (non-hydrogen) atoms. The Hall–Kier alpha value is -0.580. The van der Waals surface area contributed by atoms with Crippen LogP contribution in [-0.4, -0.2) is 6.67 Å². The van der Waals surface area contributed by atoms with Gasteiger partial charge in [-0.1, -0.05) is 15.9 Å². The minimum atomic E-state index is 0.571. The van der Waals surface area contributed by atoms with Crippen molar-refractivity contribution in [3.8, 4) is 0 Å². The highest BCUT2D eigenvalue weighted by Gasteiger charge is 1.88. The molecule has 0 aliphatic rings. The quantitative estimate of drug-likeness (QED) is 0.405. The lowest BCUT2D eigenvalue weighted by Gasteiger charge is -2.03. The maximum atomic E-state index is 5.08. The summed E-state index contributed by atoms with van der Waals surface area (Å²) in [7, 11) is 0. The van der Waals surface area contributed by atoms with E-state index in [9.17, 15) is 0 Å². The molecule has 0 heterocycles. The summed E-state index contributed by atoms with van der Waals surface area (Å²) < 4.78 is 1.07. The number of halogens is 1. The lowest BCUT2D eigenvalue weighted by Crippen LogP contribution is -2.28. The van der Waals surface area contributed by atoms with Gasteiger partial charge < -0.3 is 5.32 Å². The average Bonchev–Trinajstić information content (AvgIpc) is 2.04. The fourth-order valence-electron chi connectivity index (χ4n) is 0.721. The maximum Gasteiger partial charge on any atom is 0.0780 e. The molecule has 60 valence electrons. The van der Waals surface area contributed by atoms with Crippen LogP contribution in [0.4, 0.5) is 5.69 Å². The van der Waals surface area contributed by atoms with E-state index in [0.29, 0.717) is 6.67 Å². The van der Waals surface area contributed by atoms with E-state index in [1.807, 2.05) is 24.3 Å². The van der Waals surface area contributed by atoms with Crippen LogP contribution in [0.5, 0.6) is 0 Å². The summed E-state index contributed by atoms with van der Waals surface area (Å²) in [5.74, 6) is 5.08. The van der Waals surface area contributed by atoms with Crippen molar-refractivity contribution in [3.63, 3.8) is 0 Å². The van der Waals surface area contributed by atoms with Crippen molar-refractivity contribution in [1.29, 1.82) is 0 Å². The van der Waals surface area contributed by atoms with Crippen molar-refractivity contribution >= 4 is 21.6 Å². The van der Waals surface area contributed by atoms with Crippen molar-refractivity contribution in [1.82, 2.24) is 5.43 Å². The van der Waals surface area contributed by atoms with E-state index in [1.165, 1.54) is 0 Å². The molecule has 0 amide bonds. The molecule has 0 aliphatic heterocycles. The number of hydrogen-bond acceptors (Lipinski definition) is 3. The molecule has 3 nitrogen and oxygen atoms in total. The second-order valence-corrected chi connectivity index (χ2v) is 2.98. The number of hydrazine groups is 1. The summed E-state index contributed by atoms with van der Waals surface area (Å²) in [5.41, 5.74) is 3.56. The summed E-state index contributed by atoms with van der Waals surface area (Å²) in [6.45, 7) is 0.571. The fourth-order valence-corrected chi connectivity index (χ4v) is 0.985. The van der Waals surface area contributed by atoms with E-state index in [1.54, 1.807) is 0 Å². The molecule has 0 aromatic heterocycles. The van der Waals surface area contributed by atoms with Crippen LogP contribution in [0, 0.1) is 0 Å². The maximum absolute atomic E-state index is 5.08. The topological polar surface area (TPSA) is 50.1 Å². The molecule has 0 saturated heterocycles. The molecule has 0 atom stereocenters. The predicted molar refractivity (Wildman–Crippen MR) is 50.0 cm³/mol. The Kier molecular flexibility index (Phi) is 3.35. The number of nitrogens with one attached hydrogen (secondary N) is 2. The Bertz CT molecular complexity index is 209. The van der Waals surface area contributed by atoms with Crippen LogP contribution in [0.25, 0.3) is 0 Å². The lowest BCUT2D eigenvalue weighted by atomic mass is 10.3. The van der Waals surface area contributed by atoms with Crippen LogP contribution in [0.2, 0.25) is 0 Å². The van der Waals surface area contributed by atoms with Gasteiger partial charge in [-0.25, -0.2) is 5.43 Å². The van der Waals surface area contributed by atoms with E-state index in [2.05, 4.69) is 26.7 Å². The van der Waals surface area contributed by atoms with Crippen molar-refractivity contribution < 1.29 is 0 Å². The predicted octanol–water partition coefficient (Wildman–Crippen LogP) is 1.28. The van der Waals surface area contributed by atoms with Gasteiger partial charge in [0, 0.05) is 10.2 Å². The normalized spacial score (nSPS) is 9.64. The first-order valence-corrected chi connectivity index (χ1v) is 4.05. The van der Waals surface area contributed by atoms with E-state index >= 15 is 0 Å². The molecule has 1 aromatic rings. The molecular formula is C7H10BrN3. The van der Waals surface area contributed by atoms with Gasteiger partial charge in [0.2, 0.25) is 0 Å². The standard InChI is InChI=1S/C7H10BrN3/c8-6-1-3-7(4-2-6)10-5-11-9/h1-4,10-11H,5,9H2. The van der Waals surface area contributed by atoms with Crippen LogP contribution >= 0.6 is 15.9 Å². The first-order valence-electron chi connectivity index (χ1n) is 3.26. The number of nitrogens with two attached hydrogens (primary N) is 1. The number of rotatable bonds is 3. The smallest absolute Gasteiger partial charge is 0.0780 e. The fraction of sp³-hybridized carbons (Fsp3) is 0.143. The molecule has 1 rings (SSSR count). The molecule has 0 bridgehead atoms. The third-order valence-electron chi connectivity index (χ3n) is 1.24. The molecule has 4 N–H and O–H groups in total. The number of anilines is 1. The van der Waals surface area contributed by atoms with Gasteiger partial charge in [0.1, 0.15) is 0 Å². The Labute approximate surface area is 74.1 Å². The Morgan fingerprint density at radius 3 is 2.45 bits per heavy atom. The van der Waals surface area contributed by atoms with Gasteiger partial charge in [-0.05, 0) is 24.3 Å². The minimum absolute atomic E-state index is 0.571. The van der Waals surface area contributed by atoms with E-state index in [-0.39, 0.29) is 0 Å². The molecule has 0 aliphatic carbocycles. The zero-order chi connectivity index (χ0) is 8.10. The van der Waals surface area contributed by atoms with Crippen molar-refractivity contribution in [3.05, 3.63) is 28.7 Å². The lowest BCUT2D eigenvalue weighted by molar-refractivity contribution is 0.790. The third kappa shape index (κ3) is 2.88. The summed E-state index contributed by atoms with van der Waals surface area (Å²) in [4.78, 5) is 0. The Morgan fingerprint density at radius 2 is 1.91 bits per heavy atom. The van der Waals surface area contributed by atoms with Gasteiger partial charge in [0.25, 0.3) is 0 Å². The monoisotopic (exact) mass is 215 g/mol. The van der Waals surface area contributed by atoms with Gasteiger partial charge in [-0.3, -0.25) is 5.84 Å². The first kappa shape index (κ1) is 8.52. The summed E-state index contributed by atoms with van der Waals surface area (Å²) in [6.07, 6.45) is 0. The first-order chi connectivity index (χ1) is 5.33. The molecule has 0 fully saturated rings. The summed E-state index contributed by atoms with van der Waals surface area (Å²) in [6, 6.07) is 7.89. The zero-order valence-corrected chi connectivity index (χ0v) is 7.56.